The number of amides is 1. The molecule has 1 atom stereocenters. The Bertz CT molecular complexity index is 708. The molecule has 7 nitrogen and oxygen atoms in total. The number of aliphatic carboxylic acids is 1. The molecule has 0 aliphatic heterocycles. The normalized spacial score (nSPS) is 13.2. The van der Waals surface area contributed by atoms with Crippen molar-refractivity contribution >= 4 is 11.9 Å². The molecule has 1 amide bonds. The number of nitrogens with one attached hydrogen (secondary N) is 1. The Balaban J connectivity index is 2.17. The van der Waals surface area contributed by atoms with E-state index in [1.807, 2.05) is 0 Å². The van der Waals surface area contributed by atoms with Crippen molar-refractivity contribution in [2.75, 3.05) is 7.11 Å². The van der Waals surface area contributed by atoms with Crippen LogP contribution in [0.5, 0.6) is 5.75 Å². The molecule has 122 valence electrons. The van der Waals surface area contributed by atoms with Crippen LogP contribution >= 0.6 is 0 Å². The fraction of sp³-hybridized carbons (Fsp3) is 0.312. The van der Waals surface area contributed by atoms with Crippen molar-refractivity contribution in [1.29, 1.82) is 0 Å². The van der Waals surface area contributed by atoms with Gasteiger partial charge in [0.1, 0.15) is 11.3 Å². The monoisotopic (exact) mass is 317 g/mol. The van der Waals surface area contributed by atoms with E-state index in [0.29, 0.717) is 0 Å². The molecule has 0 aliphatic rings. The largest absolute Gasteiger partial charge is 0.497 e. The van der Waals surface area contributed by atoms with Gasteiger partial charge in [0, 0.05) is 6.20 Å². The van der Waals surface area contributed by atoms with Crippen LogP contribution in [0.4, 0.5) is 0 Å². The van der Waals surface area contributed by atoms with Crippen molar-refractivity contribution in [2.24, 2.45) is 0 Å². The van der Waals surface area contributed by atoms with Crippen LogP contribution < -0.4 is 10.1 Å². The number of rotatable bonds is 6. The van der Waals surface area contributed by atoms with E-state index in [1.165, 1.54) is 13.0 Å². The van der Waals surface area contributed by atoms with Crippen LogP contribution in [-0.4, -0.2) is 39.4 Å². The van der Waals surface area contributed by atoms with E-state index in [9.17, 15) is 14.7 Å². The zero-order valence-electron chi connectivity index (χ0n) is 13.2. The number of methoxy groups -OCH3 is 1. The molecule has 7 heteroatoms. The van der Waals surface area contributed by atoms with Crippen molar-refractivity contribution in [3.63, 3.8) is 0 Å². The Kier molecular flexibility index (Phi) is 4.68. The average Bonchev–Trinajstić information content (AvgIpc) is 3.04. The summed E-state index contributed by atoms with van der Waals surface area (Å²) in [6, 6.07) is 8.73. The quantitative estimate of drug-likeness (QED) is 0.848. The first-order valence-corrected chi connectivity index (χ1v) is 7.15. The van der Waals surface area contributed by atoms with Crippen molar-refractivity contribution < 1.29 is 19.4 Å². The second-order valence-electron chi connectivity index (χ2n) is 5.29. The van der Waals surface area contributed by atoms with Gasteiger partial charge in [-0.15, -0.1) is 0 Å². The third-order valence-electron chi connectivity index (χ3n) is 3.73. The maximum atomic E-state index is 12.2. The molecule has 23 heavy (non-hydrogen) atoms. The molecule has 1 heterocycles. The van der Waals surface area contributed by atoms with Gasteiger partial charge in [0.15, 0.2) is 5.69 Å². The molecule has 2 rings (SSSR count). The van der Waals surface area contributed by atoms with E-state index in [0.717, 1.165) is 11.4 Å². The number of ether oxygens (including phenoxy) is 1. The highest BCUT2D eigenvalue weighted by Crippen LogP contribution is 2.15. The van der Waals surface area contributed by atoms with E-state index in [2.05, 4.69) is 10.4 Å². The number of carboxylic acid groups (broad SMARTS) is 1. The van der Waals surface area contributed by atoms with Gasteiger partial charge in [-0.3, -0.25) is 4.79 Å². The van der Waals surface area contributed by atoms with E-state index in [4.69, 9.17) is 4.74 Å². The van der Waals surface area contributed by atoms with Crippen LogP contribution in [0.1, 0.15) is 30.8 Å². The Morgan fingerprint density at radius 3 is 2.48 bits per heavy atom. The summed E-state index contributed by atoms with van der Waals surface area (Å²) >= 11 is 0. The van der Waals surface area contributed by atoms with Gasteiger partial charge in [-0.25, -0.2) is 9.48 Å². The van der Waals surface area contributed by atoms with Crippen molar-refractivity contribution in [3.05, 3.63) is 42.2 Å². The first-order chi connectivity index (χ1) is 10.9. The Morgan fingerprint density at radius 1 is 1.30 bits per heavy atom. The molecule has 0 aliphatic carbocycles. The lowest BCUT2D eigenvalue weighted by atomic mass is 9.99. The minimum absolute atomic E-state index is 0.154. The summed E-state index contributed by atoms with van der Waals surface area (Å²) in [5, 5.41) is 15.9. The van der Waals surface area contributed by atoms with E-state index in [-0.39, 0.29) is 12.1 Å². The van der Waals surface area contributed by atoms with Gasteiger partial charge >= 0.3 is 5.97 Å². The predicted octanol–water partition coefficient (Wildman–Crippen LogP) is 1.86. The molecular weight excluding hydrogens is 298 g/mol. The van der Waals surface area contributed by atoms with Crippen LogP contribution in [0.25, 0.3) is 5.69 Å². The maximum Gasteiger partial charge on any atom is 0.329 e. The SMILES string of the molecule is CCC(C)(NC(=O)c1ccn(-c2ccc(OC)cc2)n1)C(=O)O. The van der Waals surface area contributed by atoms with Crippen LogP contribution in [-0.2, 0) is 4.79 Å². The summed E-state index contributed by atoms with van der Waals surface area (Å²) in [5.74, 6) is -0.883. The van der Waals surface area contributed by atoms with Crippen LogP contribution in [0.3, 0.4) is 0 Å². The molecule has 1 unspecified atom stereocenters. The van der Waals surface area contributed by atoms with Crippen LogP contribution in [0.15, 0.2) is 36.5 Å². The average molecular weight is 317 g/mol. The van der Waals surface area contributed by atoms with Gasteiger partial charge < -0.3 is 15.2 Å². The molecule has 1 aromatic carbocycles. The third-order valence-corrected chi connectivity index (χ3v) is 3.73. The fourth-order valence-corrected chi connectivity index (χ4v) is 1.93. The number of nitrogens with zero attached hydrogens (tertiary/aromatic N) is 2. The minimum atomic E-state index is -1.32. The van der Waals surface area contributed by atoms with Crippen LogP contribution in [0.2, 0.25) is 0 Å². The smallest absolute Gasteiger partial charge is 0.329 e. The highest BCUT2D eigenvalue weighted by molar-refractivity contribution is 5.96. The molecule has 0 spiro atoms. The minimum Gasteiger partial charge on any atom is -0.497 e. The van der Waals surface area contributed by atoms with Crippen molar-refractivity contribution in [3.8, 4) is 11.4 Å². The summed E-state index contributed by atoms with van der Waals surface area (Å²) in [4.78, 5) is 23.5. The highest BCUT2D eigenvalue weighted by Gasteiger charge is 2.33. The summed E-state index contributed by atoms with van der Waals surface area (Å²) < 4.78 is 6.63. The highest BCUT2D eigenvalue weighted by atomic mass is 16.5. The summed E-state index contributed by atoms with van der Waals surface area (Å²) in [6.45, 7) is 3.16. The predicted molar refractivity (Wildman–Crippen MR) is 83.9 cm³/mol. The van der Waals surface area contributed by atoms with Gasteiger partial charge in [0.25, 0.3) is 5.91 Å². The van der Waals surface area contributed by atoms with Gasteiger partial charge in [-0.05, 0) is 43.7 Å². The number of carboxylic acids is 1. The number of hydrogen-bond donors (Lipinski definition) is 2. The van der Waals surface area contributed by atoms with Crippen LogP contribution in [0, 0.1) is 0 Å². The number of benzene rings is 1. The summed E-state index contributed by atoms with van der Waals surface area (Å²) in [7, 11) is 1.58. The van der Waals surface area contributed by atoms with Gasteiger partial charge in [0.05, 0.1) is 12.8 Å². The molecule has 0 fully saturated rings. The molecule has 1 aromatic heterocycles. The fourth-order valence-electron chi connectivity index (χ4n) is 1.93. The second-order valence-corrected chi connectivity index (χ2v) is 5.29. The molecule has 0 saturated heterocycles. The number of aromatic nitrogens is 2. The summed E-state index contributed by atoms with van der Waals surface area (Å²) in [5.41, 5.74) is -0.399. The zero-order chi connectivity index (χ0) is 17.0. The van der Waals surface area contributed by atoms with Crippen molar-refractivity contribution in [2.45, 2.75) is 25.8 Å². The third kappa shape index (κ3) is 3.50. The Morgan fingerprint density at radius 2 is 1.96 bits per heavy atom. The van der Waals surface area contributed by atoms with E-state index < -0.39 is 17.4 Å². The lowest BCUT2D eigenvalue weighted by molar-refractivity contribution is -0.143. The summed E-state index contributed by atoms with van der Waals surface area (Å²) in [6.07, 6.45) is 1.91. The molecule has 2 aromatic rings. The first kappa shape index (κ1) is 16.5. The first-order valence-electron chi connectivity index (χ1n) is 7.15. The standard InChI is InChI=1S/C16H19N3O4/c1-4-16(2,15(21)22)17-14(20)13-9-10-19(18-13)11-5-7-12(23-3)8-6-11/h5-10H,4H2,1-3H3,(H,17,20)(H,21,22). The van der Waals surface area contributed by atoms with E-state index in [1.54, 1.807) is 49.2 Å². The Hall–Kier alpha value is -2.83. The topological polar surface area (TPSA) is 93.5 Å². The van der Waals surface area contributed by atoms with Crippen molar-refractivity contribution in [1.82, 2.24) is 15.1 Å². The van der Waals surface area contributed by atoms with E-state index >= 15 is 0 Å². The van der Waals surface area contributed by atoms with Gasteiger partial charge in [-0.1, -0.05) is 6.92 Å². The molecule has 0 radical (unpaired) electrons. The van der Waals surface area contributed by atoms with Gasteiger partial charge in [0.2, 0.25) is 0 Å². The number of carbonyl (C=O) groups is 2. The molecular formula is C16H19N3O4. The molecule has 2 N–H and O–H groups in total. The number of hydrogen-bond acceptors (Lipinski definition) is 4. The Labute approximate surface area is 133 Å². The lowest BCUT2D eigenvalue weighted by Crippen LogP contribution is -2.51. The maximum absolute atomic E-state index is 12.2. The van der Waals surface area contributed by atoms with Gasteiger partial charge in [-0.2, -0.15) is 5.10 Å². The molecule has 0 bridgehead atoms. The zero-order valence-corrected chi connectivity index (χ0v) is 13.2. The number of carbonyl (C=O) groups excluding carboxylic acids is 1. The molecule has 0 saturated carbocycles. The lowest BCUT2D eigenvalue weighted by Gasteiger charge is -2.23. The second kappa shape index (κ2) is 6.51.